The van der Waals surface area contributed by atoms with Gasteiger partial charge >= 0.3 is 0 Å². The lowest BCUT2D eigenvalue weighted by Gasteiger charge is -2.15. The van der Waals surface area contributed by atoms with Crippen molar-refractivity contribution in [3.8, 4) is 5.75 Å². The molecule has 0 aromatic heterocycles. The largest absolute Gasteiger partial charge is 0.497 e. The molecule has 7 nitrogen and oxygen atoms in total. The molecule has 0 bridgehead atoms. The van der Waals surface area contributed by atoms with Crippen LogP contribution >= 0.6 is 24.0 Å². The van der Waals surface area contributed by atoms with E-state index in [1.165, 1.54) is 22.7 Å². The Kier molecular flexibility index (Phi) is 6.21. The van der Waals surface area contributed by atoms with Crippen LogP contribution in [-0.2, 0) is 19.4 Å². The van der Waals surface area contributed by atoms with Crippen molar-refractivity contribution in [2.75, 3.05) is 19.4 Å². The van der Waals surface area contributed by atoms with Crippen LogP contribution in [0.4, 0.5) is 0 Å². The van der Waals surface area contributed by atoms with Gasteiger partial charge in [-0.05, 0) is 29.8 Å². The number of ether oxygens (including phenoxy) is 1. The number of nitrogens with one attached hydrogen (secondary N) is 1. The summed E-state index contributed by atoms with van der Waals surface area (Å²) in [4.78, 5) is 26.5. The predicted octanol–water partition coefficient (Wildman–Crippen LogP) is 1.71. The van der Waals surface area contributed by atoms with E-state index >= 15 is 0 Å². The van der Waals surface area contributed by atoms with Gasteiger partial charge in [0, 0.05) is 18.4 Å². The molecule has 1 aromatic carbocycles. The lowest BCUT2D eigenvalue weighted by atomic mass is 10.2. The highest BCUT2D eigenvalue weighted by molar-refractivity contribution is 8.26. The Balaban J connectivity index is 1.58. The number of thiocarbonyl (C=S) groups is 1. The molecule has 1 saturated heterocycles. The van der Waals surface area contributed by atoms with Gasteiger partial charge in [-0.2, -0.15) is 0 Å². The van der Waals surface area contributed by atoms with Gasteiger partial charge in [0.2, 0.25) is 5.91 Å². The molecule has 2 aliphatic rings. The molecule has 0 aliphatic carbocycles. The summed E-state index contributed by atoms with van der Waals surface area (Å²) in [5.74, 6) is -0.0429. The van der Waals surface area contributed by atoms with E-state index in [0.717, 1.165) is 11.0 Å². The minimum Gasteiger partial charge on any atom is -0.497 e. The van der Waals surface area contributed by atoms with Crippen molar-refractivity contribution < 1.29 is 22.7 Å². The number of benzene rings is 1. The summed E-state index contributed by atoms with van der Waals surface area (Å²) in [5.41, 5.74) is 0.812. The zero-order valence-corrected chi connectivity index (χ0v) is 17.4. The Morgan fingerprint density at radius 2 is 2.25 bits per heavy atom. The van der Waals surface area contributed by atoms with Crippen LogP contribution in [0.15, 0.2) is 40.7 Å². The molecule has 1 aromatic rings. The summed E-state index contributed by atoms with van der Waals surface area (Å²) in [7, 11) is -1.66. The highest BCUT2D eigenvalue weighted by Gasteiger charge is 2.32. The fourth-order valence-corrected chi connectivity index (χ4v) is 5.28. The minimum absolute atomic E-state index is 0.0310. The summed E-state index contributed by atoms with van der Waals surface area (Å²) in [6, 6.07) is 6.77. The SMILES string of the molecule is COc1cccc(C=C2SC(=S)N(CCC(=O)NC3C=CS(=O)(=O)C3)C2=O)c1. The molecule has 10 heteroatoms. The highest BCUT2D eigenvalue weighted by atomic mass is 32.2. The quantitative estimate of drug-likeness (QED) is 0.534. The van der Waals surface area contributed by atoms with E-state index in [1.54, 1.807) is 13.2 Å². The number of sulfone groups is 1. The molecule has 2 aliphatic heterocycles. The summed E-state index contributed by atoms with van der Waals surface area (Å²) in [6.07, 6.45) is 3.21. The third kappa shape index (κ3) is 5.00. The summed E-state index contributed by atoms with van der Waals surface area (Å²) >= 11 is 6.45. The molecule has 0 saturated carbocycles. The molecule has 1 unspecified atom stereocenters. The molecule has 2 amide bonds. The summed E-state index contributed by atoms with van der Waals surface area (Å²) in [5, 5.41) is 3.73. The van der Waals surface area contributed by atoms with Crippen molar-refractivity contribution in [1.29, 1.82) is 0 Å². The van der Waals surface area contributed by atoms with Crippen molar-refractivity contribution in [2.24, 2.45) is 0 Å². The molecule has 28 heavy (non-hydrogen) atoms. The Bertz CT molecular complexity index is 985. The van der Waals surface area contributed by atoms with Crippen LogP contribution in [-0.4, -0.2) is 54.9 Å². The molecule has 1 N–H and O–H groups in total. The molecular weight excluding hydrogens is 420 g/mol. The zero-order chi connectivity index (χ0) is 20.3. The minimum atomic E-state index is -3.23. The molecule has 1 fully saturated rings. The van der Waals surface area contributed by atoms with Crippen LogP contribution in [0.3, 0.4) is 0 Å². The maximum Gasteiger partial charge on any atom is 0.266 e. The smallest absolute Gasteiger partial charge is 0.266 e. The normalized spacial score (nSPS) is 22.1. The number of hydrogen-bond donors (Lipinski definition) is 1. The van der Waals surface area contributed by atoms with Crippen LogP contribution in [0.1, 0.15) is 12.0 Å². The van der Waals surface area contributed by atoms with Crippen LogP contribution in [0.25, 0.3) is 6.08 Å². The van der Waals surface area contributed by atoms with Crippen LogP contribution in [0.5, 0.6) is 5.75 Å². The Morgan fingerprint density at radius 3 is 2.93 bits per heavy atom. The fraction of sp³-hybridized carbons (Fsp3) is 0.278. The second kappa shape index (κ2) is 8.46. The first-order valence-electron chi connectivity index (χ1n) is 8.37. The zero-order valence-electron chi connectivity index (χ0n) is 15.0. The van der Waals surface area contributed by atoms with Crippen molar-refractivity contribution >= 4 is 56.0 Å². The second-order valence-electron chi connectivity index (χ2n) is 6.19. The van der Waals surface area contributed by atoms with Crippen molar-refractivity contribution in [3.63, 3.8) is 0 Å². The maximum absolute atomic E-state index is 12.6. The van der Waals surface area contributed by atoms with Gasteiger partial charge in [0.05, 0.1) is 23.8 Å². The third-order valence-corrected chi connectivity index (χ3v) is 6.88. The molecule has 0 spiro atoms. The van der Waals surface area contributed by atoms with Crippen LogP contribution in [0.2, 0.25) is 0 Å². The van der Waals surface area contributed by atoms with Crippen molar-refractivity contribution in [2.45, 2.75) is 12.5 Å². The Morgan fingerprint density at radius 1 is 1.46 bits per heavy atom. The molecule has 1 atom stereocenters. The van der Waals surface area contributed by atoms with E-state index in [2.05, 4.69) is 5.32 Å². The van der Waals surface area contributed by atoms with E-state index < -0.39 is 15.9 Å². The summed E-state index contributed by atoms with van der Waals surface area (Å²) < 4.78 is 28.3. The number of rotatable bonds is 6. The third-order valence-electron chi connectivity index (χ3n) is 4.10. The molecule has 0 radical (unpaired) electrons. The van der Waals surface area contributed by atoms with Crippen molar-refractivity contribution in [1.82, 2.24) is 10.2 Å². The van der Waals surface area contributed by atoms with Gasteiger partial charge in [0.15, 0.2) is 9.84 Å². The first-order valence-corrected chi connectivity index (χ1v) is 11.3. The van der Waals surface area contributed by atoms with Gasteiger partial charge in [-0.15, -0.1) is 0 Å². The molecular formula is C18H18N2O5S3. The lowest BCUT2D eigenvalue weighted by molar-refractivity contribution is -0.124. The number of carbonyl (C=O) groups excluding carboxylic acids is 2. The average Bonchev–Trinajstić information content (AvgIpc) is 3.11. The lowest BCUT2D eigenvalue weighted by Crippen LogP contribution is -2.38. The number of amides is 2. The standard InChI is InChI=1S/C18H18N2O5S3/c1-25-14-4-2-3-12(9-14)10-15-17(22)20(18(26)27-15)7-5-16(21)19-13-6-8-28(23,24)11-13/h2-4,6,8-10,13H,5,7,11H2,1H3,(H,19,21). The fourth-order valence-electron chi connectivity index (χ4n) is 2.73. The van der Waals surface area contributed by atoms with E-state index in [-0.39, 0.29) is 30.5 Å². The molecule has 3 rings (SSSR count). The van der Waals surface area contributed by atoms with E-state index in [4.69, 9.17) is 17.0 Å². The second-order valence-corrected chi connectivity index (χ2v) is 9.80. The number of thioether (sulfide) groups is 1. The van der Waals surface area contributed by atoms with Crippen molar-refractivity contribution in [3.05, 3.63) is 46.2 Å². The van der Waals surface area contributed by atoms with Gasteiger partial charge in [-0.1, -0.05) is 36.1 Å². The Labute approximate surface area is 172 Å². The van der Waals surface area contributed by atoms with E-state index in [9.17, 15) is 18.0 Å². The van der Waals surface area contributed by atoms with Gasteiger partial charge in [0.1, 0.15) is 10.1 Å². The van der Waals surface area contributed by atoms with Gasteiger partial charge in [0.25, 0.3) is 5.91 Å². The average molecular weight is 439 g/mol. The number of methoxy groups -OCH3 is 1. The number of carbonyl (C=O) groups is 2. The van der Waals surface area contributed by atoms with E-state index in [1.807, 2.05) is 24.3 Å². The van der Waals surface area contributed by atoms with Crippen LogP contribution < -0.4 is 10.1 Å². The van der Waals surface area contributed by atoms with E-state index in [0.29, 0.717) is 15.0 Å². The first kappa shape index (κ1) is 20.6. The highest BCUT2D eigenvalue weighted by Crippen LogP contribution is 2.33. The van der Waals surface area contributed by atoms with Crippen LogP contribution in [0, 0.1) is 0 Å². The maximum atomic E-state index is 12.6. The number of nitrogens with zero attached hydrogens (tertiary/aromatic N) is 1. The summed E-state index contributed by atoms with van der Waals surface area (Å²) in [6.45, 7) is 0.134. The topological polar surface area (TPSA) is 92.8 Å². The van der Waals surface area contributed by atoms with Gasteiger partial charge < -0.3 is 10.1 Å². The molecule has 148 valence electrons. The van der Waals surface area contributed by atoms with Gasteiger partial charge in [-0.25, -0.2) is 8.42 Å². The van der Waals surface area contributed by atoms with Gasteiger partial charge in [-0.3, -0.25) is 14.5 Å². The Hall–Kier alpha value is -2.17. The predicted molar refractivity (Wildman–Crippen MR) is 112 cm³/mol. The monoisotopic (exact) mass is 438 g/mol. The number of hydrogen-bond acceptors (Lipinski definition) is 7. The first-order chi connectivity index (χ1) is 13.3. The molecule has 2 heterocycles.